The Labute approximate surface area is 155 Å². The zero-order chi connectivity index (χ0) is 18.9. The molecule has 2 aromatic rings. The van der Waals surface area contributed by atoms with Crippen LogP contribution in [0.25, 0.3) is 0 Å². The van der Waals surface area contributed by atoms with Crippen LogP contribution < -0.4 is 10.6 Å². The third-order valence-electron chi connectivity index (χ3n) is 4.18. The summed E-state index contributed by atoms with van der Waals surface area (Å²) < 4.78 is 0. The molecule has 0 aromatic heterocycles. The Kier molecular flexibility index (Phi) is 7.36. The Morgan fingerprint density at radius 3 is 2.27 bits per heavy atom. The van der Waals surface area contributed by atoms with Crippen molar-refractivity contribution in [3.63, 3.8) is 0 Å². The minimum Gasteiger partial charge on any atom is -0.348 e. The normalized spacial score (nSPS) is 11.8. The van der Waals surface area contributed by atoms with Gasteiger partial charge in [0.1, 0.15) is 0 Å². The van der Waals surface area contributed by atoms with E-state index in [1.807, 2.05) is 61.5 Å². The Morgan fingerprint density at radius 1 is 0.962 bits per heavy atom. The van der Waals surface area contributed by atoms with E-state index in [9.17, 15) is 9.59 Å². The Balaban J connectivity index is 1.81. The van der Waals surface area contributed by atoms with Crippen LogP contribution in [-0.4, -0.2) is 36.9 Å². The first-order chi connectivity index (χ1) is 12.5. The molecule has 0 spiro atoms. The molecule has 5 nitrogen and oxygen atoms in total. The van der Waals surface area contributed by atoms with Gasteiger partial charge in [-0.1, -0.05) is 55.5 Å². The van der Waals surface area contributed by atoms with Crippen molar-refractivity contribution in [3.8, 4) is 0 Å². The van der Waals surface area contributed by atoms with Crippen molar-refractivity contribution in [1.29, 1.82) is 0 Å². The molecule has 2 aromatic carbocycles. The fourth-order valence-electron chi connectivity index (χ4n) is 2.80. The number of nitrogens with zero attached hydrogens (tertiary/aromatic N) is 1. The van der Waals surface area contributed by atoms with Crippen molar-refractivity contribution < 1.29 is 9.59 Å². The molecule has 0 radical (unpaired) electrons. The Hall–Kier alpha value is -2.66. The summed E-state index contributed by atoms with van der Waals surface area (Å²) >= 11 is 0. The van der Waals surface area contributed by atoms with Gasteiger partial charge in [0, 0.05) is 5.69 Å². The number of rotatable bonds is 8. The molecule has 0 heterocycles. The Morgan fingerprint density at radius 2 is 1.58 bits per heavy atom. The second kappa shape index (κ2) is 9.73. The minimum absolute atomic E-state index is 0.0673. The van der Waals surface area contributed by atoms with Crippen molar-refractivity contribution in [1.82, 2.24) is 10.2 Å². The number of anilines is 1. The van der Waals surface area contributed by atoms with Crippen LogP contribution in [0.3, 0.4) is 0 Å². The van der Waals surface area contributed by atoms with Crippen molar-refractivity contribution in [2.24, 2.45) is 0 Å². The molecule has 2 amide bonds. The highest BCUT2D eigenvalue weighted by atomic mass is 16.2. The van der Waals surface area contributed by atoms with Gasteiger partial charge >= 0.3 is 0 Å². The lowest BCUT2D eigenvalue weighted by molar-refractivity contribution is -0.123. The number of likely N-dealkylation sites (N-methyl/N-ethyl adjacent to an activating group) is 1. The molecule has 0 aliphatic heterocycles. The van der Waals surface area contributed by atoms with Crippen LogP contribution in [0.2, 0.25) is 0 Å². The molecule has 1 unspecified atom stereocenters. The van der Waals surface area contributed by atoms with Crippen LogP contribution in [0.5, 0.6) is 0 Å². The number of para-hydroxylation sites is 1. The quantitative estimate of drug-likeness (QED) is 0.767. The number of amides is 2. The predicted molar refractivity (Wildman–Crippen MR) is 105 cm³/mol. The van der Waals surface area contributed by atoms with Crippen LogP contribution in [0, 0.1) is 0 Å². The zero-order valence-corrected chi connectivity index (χ0v) is 15.7. The molecule has 0 saturated carbocycles. The van der Waals surface area contributed by atoms with Crippen molar-refractivity contribution >= 4 is 17.5 Å². The van der Waals surface area contributed by atoms with Gasteiger partial charge in [0.15, 0.2) is 0 Å². The van der Waals surface area contributed by atoms with E-state index in [0.717, 1.165) is 23.2 Å². The molecule has 26 heavy (non-hydrogen) atoms. The van der Waals surface area contributed by atoms with Gasteiger partial charge in [-0.2, -0.15) is 0 Å². The van der Waals surface area contributed by atoms with Crippen LogP contribution in [-0.2, 0) is 16.0 Å². The van der Waals surface area contributed by atoms with E-state index in [1.165, 1.54) is 0 Å². The van der Waals surface area contributed by atoms with Crippen LogP contribution in [0.4, 0.5) is 5.69 Å². The Bertz CT molecular complexity index is 731. The lowest BCUT2D eigenvalue weighted by Crippen LogP contribution is -2.39. The molecular weight excluding hydrogens is 326 g/mol. The standard InChI is InChI=1S/C21H27N3O2/c1-4-17-10-8-9-13-19(17)23-21(26)15-24(3)14-20(25)22-16(2)18-11-6-5-7-12-18/h5-13,16H,4,14-15H2,1-3H3,(H,22,25)(H,23,26). The number of benzene rings is 2. The molecule has 0 bridgehead atoms. The summed E-state index contributed by atoms with van der Waals surface area (Å²) in [6, 6.07) is 17.5. The van der Waals surface area contributed by atoms with Gasteiger partial charge < -0.3 is 10.6 Å². The molecule has 2 rings (SSSR count). The van der Waals surface area contributed by atoms with Crippen molar-refractivity contribution in [3.05, 3.63) is 65.7 Å². The molecule has 1 atom stereocenters. The van der Waals surface area contributed by atoms with Crippen LogP contribution in [0.15, 0.2) is 54.6 Å². The van der Waals surface area contributed by atoms with Gasteiger partial charge in [-0.05, 0) is 37.6 Å². The van der Waals surface area contributed by atoms with E-state index >= 15 is 0 Å². The molecule has 2 N–H and O–H groups in total. The molecule has 0 aliphatic rings. The summed E-state index contributed by atoms with van der Waals surface area (Å²) in [6.07, 6.45) is 0.853. The third kappa shape index (κ3) is 6.01. The van der Waals surface area contributed by atoms with Gasteiger partial charge in [0.2, 0.25) is 11.8 Å². The number of aryl methyl sites for hydroxylation is 1. The summed E-state index contributed by atoms with van der Waals surface area (Å²) in [6.45, 7) is 4.32. The zero-order valence-electron chi connectivity index (χ0n) is 15.7. The lowest BCUT2D eigenvalue weighted by Gasteiger charge is -2.19. The summed E-state index contributed by atoms with van der Waals surface area (Å²) in [4.78, 5) is 26.1. The number of carbonyl (C=O) groups is 2. The first-order valence-corrected chi connectivity index (χ1v) is 8.90. The highest BCUT2D eigenvalue weighted by Gasteiger charge is 2.14. The maximum Gasteiger partial charge on any atom is 0.238 e. The van der Waals surface area contributed by atoms with Gasteiger partial charge in [-0.15, -0.1) is 0 Å². The molecule has 5 heteroatoms. The second-order valence-corrected chi connectivity index (χ2v) is 6.43. The van der Waals surface area contributed by atoms with Gasteiger partial charge in [-0.3, -0.25) is 14.5 Å². The van der Waals surface area contributed by atoms with E-state index in [4.69, 9.17) is 0 Å². The van der Waals surface area contributed by atoms with Crippen LogP contribution in [0.1, 0.15) is 31.0 Å². The second-order valence-electron chi connectivity index (χ2n) is 6.43. The van der Waals surface area contributed by atoms with Crippen molar-refractivity contribution in [2.45, 2.75) is 26.3 Å². The topological polar surface area (TPSA) is 61.4 Å². The maximum absolute atomic E-state index is 12.2. The highest BCUT2D eigenvalue weighted by molar-refractivity contribution is 5.93. The molecule has 0 saturated heterocycles. The number of carbonyl (C=O) groups excluding carboxylic acids is 2. The molecule has 0 aliphatic carbocycles. The van der Waals surface area contributed by atoms with Gasteiger partial charge in [0.05, 0.1) is 19.1 Å². The smallest absolute Gasteiger partial charge is 0.238 e. The SMILES string of the molecule is CCc1ccccc1NC(=O)CN(C)CC(=O)NC(C)c1ccccc1. The number of hydrogen-bond donors (Lipinski definition) is 2. The van der Waals surface area contributed by atoms with E-state index in [0.29, 0.717) is 0 Å². The van der Waals surface area contributed by atoms with Gasteiger partial charge in [-0.25, -0.2) is 0 Å². The van der Waals surface area contributed by atoms with E-state index in [1.54, 1.807) is 11.9 Å². The highest BCUT2D eigenvalue weighted by Crippen LogP contribution is 2.15. The first kappa shape index (κ1) is 19.7. The third-order valence-corrected chi connectivity index (χ3v) is 4.18. The molecular formula is C21H27N3O2. The lowest BCUT2D eigenvalue weighted by atomic mass is 10.1. The van der Waals surface area contributed by atoms with Crippen LogP contribution >= 0.6 is 0 Å². The molecule has 138 valence electrons. The van der Waals surface area contributed by atoms with Crippen molar-refractivity contribution in [2.75, 3.05) is 25.5 Å². The first-order valence-electron chi connectivity index (χ1n) is 8.90. The molecule has 0 fully saturated rings. The van der Waals surface area contributed by atoms with E-state index in [-0.39, 0.29) is 30.9 Å². The van der Waals surface area contributed by atoms with Gasteiger partial charge in [0.25, 0.3) is 0 Å². The predicted octanol–water partition coefficient (Wildman–Crippen LogP) is 3.00. The number of nitrogens with one attached hydrogen (secondary N) is 2. The minimum atomic E-state index is -0.127. The monoisotopic (exact) mass is 353 g/mol. The summed E-state index contributed by atoms with van der Waals surface area (Å²) in [5.74, 6) is -0.233. The average Bonchev–Trinajstić information content (AvgIpc) is 2.62. The summed E-state index contributed by atoms with van der Waals surface area (Å²) in [5, 5.41) is 5.88. The largest absolute Gasteiger partial charge is 0.348 e. The van der Waals surface area contributed by atoms with E-state index < -0.39 is 0 Å². The fraction of sp³-hybridized carbons (Fsp3) is 0.333. The summed E-state index contributed by atoms with van der Waals surface area (Å²) in [7, 11) is 1.76. The summed E-state index contributed by atoms with van der Waals surface area (Å²) in [5.41, 5.74) is 2.98. The maximum atomic E-state index is 12.2. The number of hydrogen-bond acceptors (Lipinski definition) is 3. The van der Waals surface area contributed by atoms with E-state index in [2.05, 4.69) is 17.6 Å². The average molecular weight is 353 g/mol. The fourth-order valence-corrected chi connectivity index (χ4v) is 2.80.